The average molecular weight is 532 g/mol. The number of halogens is 1. The Bertz CT molecular complexity index is 439. The van der Waals surface area contributed by atoms with Gasteiger partial charge in [-0.15, -0.1) is 0 Å². The van der Waals surface area contributed by atoms with Gasteiger partial charge in [-0.2, -0.15) is 0 Å². The first kappa shape index (κ1) is 32.4. The zero-order valence-electron chi connectivity index (χ0n) is 21.5. The van der Waals surface area contributed by atoms with Gasteiger partial charge in [0.25, 0.3) is 0 Å². The van der Waals surface area contributed by atoms with Crippen molar-refractivity contribution in [1.29, 1.82) is 0 Å². The summed E-state index contributed by atoms with van der Waals surface area (Å²) in [6.07, 6.45) is 25.4. The van der Waals surface area contributed by atoms with Crippen molar-refractivity contribution in [3.8, 4) is 0 Å². The Morgan fingerprint density at radius 1 is 0.697 bits per heavy atom. The molecule has 0 atom stereocenters. The number of rotatable bonds is 25. The van der Waals surface area contributed by atoms with Gasteiger partial charge in [0.1, 0.15) is 0 Å². The molecule has 194 valence electrons. The van der Waals surface area contributed by atoms with Crippen LogP contribution in [0.3, 0.4) is 0 Å². The Labute approximate surface area is 213 Å². The SMILES string of the molecule is CCCCC/C=C\CCOC(CCC(=O)OCCCCCCBr)OCC/C=C\CCCCC. The lowest BCUT2D eigenvalue weighted by atomic mass is 10.2. The summed E-state index contributed by atoms with van der Waals surface area (Å²) in [6, 6.07) is 0. The Morgan fingerprint density at radius 2 is 1.24 bits per heavy atom. The molecule has 33 heavy (non-hydrogen) atoms. The van der Waals surface area contributed by atoms with Crippen molar-refractivity contribution in [3.05, 3.63) is 24.3 Å². The topological polar surface area (TPSA) is 44.8 Å². The zero-order chi connectivity index (χ0) is 24.2. The van der Waals surface area contributed by atoms with Gasteiger partial charge < -0.3 is 14.2 Å². The van der Waals surface area contributed by atoms with Crippen molar-refractivity contribution in [2.24, 2.45) is 0 Å². The smallest absolute Gasteiger partial charge is 0.305 e. The lowest BCUT2D eigenvalue weighted by molar-refractivity contribution is -0.158. The second-order valence-corrected chi connectivity index (χ2v) is 9.34. The number of esters is 1. The van der Waals surface area contributed by atoms with Gasteiger partial charge in [0.15, 0.2) is 6.29 Å². The highest BCUT2D eigenvalue weighted by Gasteiger charge is 2.13. The summed E-state index contributed by atoms with van der Waals surface area (Å²) in [5.41, 5.74) is 0. The molecule has 0 aliphatic carbocycles. The van der Waals surface area contributed by atoms with Crippen molar-refractivity contribution >= 4 is 21.9 Å². The lowest BCUT2D eigenvalue weighted by Crippen LogP contribution is -2.20. The number of allylic oxidation sites excluding steroid dienone is 2. The summed E-state index contributed by atoms with van der Waals surface area (Å²) in [6.45, 7) is 6.19. The fourth-order valence-electron chi connectivity index (χ4n) is 3.29. The van der Waals surface area contributed by atoms with Gasteiger partial charge in [0, 0.05) is 11.8 Å². The predicted molar refractivity (Wildman–Crippen MR) is 144 cm³/mol. The molecule has 0 fully saturated rings. The average Bonchev–Trinajstić information content (AvgIpc) is 2.82. The van der Waals surface area contributed by atoms with E-state index in [0.29, 0.717) is 32.7 Å². The molecule has 0 rings (SSSR count). The van der Waals surface area contributed by atoms with E-state index < -0.39 is 0 Å². The van der Waals surface area contributed by atoms with Gasteiger partial charge in [0.05, 0.1) is 26.2 Å². The summed E-state index contributed by atoms with van der Waals surface area (Å²) < 4.78 is 17.2. The van der Waals surface area contributed by atoms with Crippen LogP contribution in [-0.4, -0.2) is 37.4 Å². The fourth-order valence-corrected chi connectivity index (χ4v) is 3.69. The second-order valence-electron chi connectivity index (χ2n) is 8.55. The summed E-state index contributed by atoms with van der Waals surface area (Å²) in [5.74, 6) is -0.153. The molecule has 4 nitrogen and oxygen atoms in total. The predicted octanol–water partition coefficient (Wildman–Crippen LogP) is 8.68. The molecule has 5 heteroatoms. The van der Waals surface area contributed by atoms with E-state index >= 15 is 0 Å². The van der Waals surface area contributed by atoms with Crippen LogP contribution in [0, 0.1) is 0 Å². The molecule has 0 aliphatic heterocycles. The molecule has 0 aliphatic rings. The molecule has 0 aromatic carbocycles. The van der Waals surface area contributed by atoms with E-state index in [2.05, 4.69) is 54.1 Å². The summed E-state index contributed by atoms with van der Waals surface area (Å²) in [7, 11) is 0. The van der Waals surface area contributed by atoms with E-state index in [0.717, 1.165) is 43.9 Å². The van der Waals surface area contributed by atoms with Gasteiger partial charge in [-0.1, -0.05) is 92.6 Å². The normalized spacial score (nSPS) is 11.9. The molecule has 0 aromatic heterocycles. The second kappa shape index (κ2) is 27.6. The Balaban J connectivity index is 4.15. The summed E-state index contributed by atoms with van der Waals surface area (Å²) in [5, 5.41) is 1.04. The van der Waals surface area contributed by atoms with Gasteiger partial charge in [-0.25, -0.2) is 0 Å². The molecule has 0 bridgehead atoms. The third-order valence-electron chi connectivity index (χ3n) is 5.33. The van der Waals surface area contributed by atoms with Crippen LogP contribution in [0.2, 0.25) is 0 Å². The molecular formula is C28H51BrO4. The minimum atomic E-state index is -0.349. The maximum atomic E-state index is 12.1. The standard InChI is InChI=1S/C28H51BrO4/c1-3-5-7-9-11-14-19-25-32-28(33-26-20-15-12-10-8-6-4-2)22-21-27(30)31-24-18-16-13-17-23-29/h11-12,14-15,28H,3-10,13,16-26H2,1-2H3/b14-11-,15-12-. The molecule has 0 saturated heterocycles. The van der Waals surface area contributed by atoms with E-state index in [-0.39, 0.29) is 12.3 Å². The number of ether oxygens (including phenoxy) is 3. The summed E-state index contributed by atoms with van der Waals surface area (Å²) >= 11 is 3.44. The Morgan fingerprint density at radius 3 is 1.79 bits per heavy atom. The van der Waals surface area contributed by atoms with Gasteiger partial charge in [-0.3, -0.25) is 4.79 Å². The van der Waals surface area contributed by atoms with Crippen molar-refractivity contribution in [2.75, 3.05) is 25.2 Å². The van der Waals surface area contributed by atoms with Crippen LogP contribution in [0.4, 0.5) is 0 Å². The number of hydrogen-bond donors (Lipinski definition) is 0. The van der Waals surface area contributed by atoms with Crippen LogP contribution in [0.15, 0.2) is 24.3 Å². The Hall–Kier alpha value is -0.650. The van der Waals surface area contributed by atoms with E-state index in [1.54, 1.807) is 0 Å². The van der Waals surface area contributed by atoms with Crippen molar-refractivity contribution in [1.82, 2.24) is 0 Å². The highest BCUT2D eigenvalue weighted by molar-refractivity contribution is 9.09. The third-order valence-corrected chi connectivity index (χ3v) is 5.89. The number of unbranched alkanes of at least 4 members (excludes halogenated alkanes) is 9. The maximum Gasteiger partial charge on any atom is 0.305 e. The molecule has 0 unspecified atom stereocenters. The Kier molecular flexibility index (Phi) is 27.0. The maximum absolute atomic E-state index is 12.1. The van der Waals surface area contributed by atoms with Gasteiger partial charge >= 0.3 is 5.97 Å². The van der Waals surface area contributed by atoms with Gasteiger partial charge in [0.2, 0.25) is 0 Å². The van der Waals surface area contributed by atoms with Gasteiger partial charge in [-0.05, 0) is 51.4 Å². The molecule has 0 aromatic rings. The monoisotopic (exact) mass is 530 g/mol. The van der Waals surface area contributed by atoms with Crippen molar-refractivity contribution < 1.29 is 19.0 Å². The van der Waals surface area contributed by atoms with Crippen LogP contribution >= 0.6 is 15.9 Å². The molecule has 0 spiro atoms. The van der Waals surface area contributed by atoms with E-state index in [1.807, 2.05) is 0 Å². The highest BCUT2D eigenvalue weighted by atomic mass is 79.9. The van der Waals surface area contributed by atoms with Crippen LogP contribution in [-0.2, 0) is 19.0 Å². The van der Waals surface area contributed by atoms with Crippen LogP contribution in [0.1, 0.15) is 117 Å². The minimum Gasteiger partial charge on any atom is -0.466 e. The largest absolute Gasteiger partial charge is 0.466 e. The molecule has 0 saturated carbocycles. The van der Waals surface area contributed by atoms with E-state index in [4.69, 9.17) is 14.2 Å². The molecule has 0 N–H and O–H groups in total. The van der Waals surface area contributed by atoms with Crippen LogP contribution in [0.25, 0.3) is 0 Å². The number of carbonyl (C=O) groups is 1. The zero-order valence-corrected chi connectivity index (χ0v) is 23.1. The van der Waals surface area contributed by atoms with Crippen LogP contribution in [0.5, 0.6) is 0 Å². The van der Waals surface area contributed by atoms with E-state index in [9.17, 15) is 4.79 Å². The number of alkyl halides is 1. The fraction of sp³-hybridized carbons (Fsp3) is 0.821. The number of hydrogen-bond acceptors (Lipinski definition) is 4. The van der Waals surface area contributed by atoms with Crippen molar-refractivity contribution in [2.45, 2.75) is 123 Å². The minimum absolute atomic E-state index is 0.153. The lowest BCUT2D eigenvalue weighted by Gasteiger charge is -2.18. The van der Waals surface area contributed by atoms with E-state index in [1.165, 1.54) is 51.4 Å². The highest BCUT2D eigenvalue weighted by Crippen LogP contribution is 2.10. The first-order valence-electron chi connectivity index (χ1n) is 13.5. The molecule has 0 radical (unpaired) electrons. The first-order chi connectivity index (χ1) is 16.2. The van der Waals surface area contributed by atoms with Crippen LogP contribution < -0.4 is 0 Å². The number of carbonyl (C=O) groups excluding carboxylic acids is 1. The molecular weight excluding hydrogens is 480 g/mol. The molecule has 0 amide bonds. The summed E-state index contributed by atoms with van der Waals surface area (Å²) in [4.78, 5) is 12.1. The quantitative estimate of drug-likeness (QED) is 0.0389. The third kappa shape index (κ3) is 25.8. The first-order valence-corrected chi connectivity index (χ1v) is 14.6. The molecule has 0 heterocycles. The van der Waals surface area contributed by atoms with Crippen molar-refractivity contribution in [3.63, 3.8) is 0 Å².